The highest BCUT2D eigenvalue weighted by Gasteiger charge is 2.10. The minimum atomic E-state index is -0.614. The zero-order valence-corrected chi connectivity index (χ0v) is 19.4. The van der Waals surface area contributed by atoms with Gasteiger partial charge in [0.1, 0.15) is 5.75 Å². The molecule has 0 spiro atoms. The van der Waals surface area contributed by atoms with Crippen molar-refractivity contribution in [1.82, 2.24) is 0 Å². The lowest BCUT2D eigenvalue weighted by atomic mass is 10.0. The number of oxime groups is 1. The van der Waals surface area contributed by atoms with Gasteiger partial charge in [0.2, 0.25) is 0 Å². The number of rotatable bonds is 4. The van der Waals surface area contributed by atoms with Crippen LogP contribution in [-0.2, 0) is 19.2 Å². The number of esters is 1. The van der Waals surface area contributed by atoms with Crippen molar-refractivity contribution in [1.29, 1.82) is 0 Å². The molecule has 172 valence electrons. The zero-order valence-electron chi connectivity index (χ0n) is 17.9. The van der Waals surface area contributed by atoms with Gasteiger partial charge in [0.15, 0.2) is 6.61 Å². The molecule has 0 radical (unpaired) electrons. The largest absolute Gasteiger partial charge is 0.480 e. The Bertz CT molecular complexity index is 739. The highest BCUT2D eigenvalue weighted by atomic mass is 35.5. The number of halogens is 2. The highest BCUT2D eigenvalue weighted by molar-refractivity contribution is 6.35. The molecular formula is C23H31Cl2NO5. The van der Waals surface area contributed by atoms with Crippen molar-refractivity contribution in [3.63, 3.8) is 0 Å². The van der Waals surface area contributed by atoms with Gasteiger partial charge in [-0.1, -0.05) is 66.9 Å². The third-order valence-corrected chi connectivity index (χ3v) is 5.52. The Kier molecular flexibility index (Phi) is 12.4. The predicted molar refractivity (Wildman–Crippen MR) is 122 cm³/mol. The lowest BCUT2D eigenvalue weighted by Gasteiger charge is -2.09. The van der Waals surface area contributed by atoms with E-state index < -0.39 is 5.97 Å². The van der Waals surface area contributed by atoms with E-state index in [1.807, 2.05) is 0 Å². The third-order valence-electron chi connectivity index (χ3n) is 4.99. The van der Waals surface area contributed by atoms with Gasteiger partial charge in [-0.3, -0.25) is 4.79 Å². The predicted octanol–water partition coefficient (Wildman–Crippen LogP) is 6.51. The summed E-state index contributed by atoms with van der Waals surface area (Å²) in [5, 5.41) is 4.85. The van der Waals surface area contributed by atoms with Crippen LogP contribution in [0.3, 0.4) is 0 Å². The molecule has 0 aliphatic carbocycles. The van der Waals surface area contributed by atoms with Crippen molar-refractivity contribution in [3.8, 4) is 5.75 Å². The Morgan fingerprint density at radius 2 is 1.58 bits per heavy atom. The number of carbonyl (C=O) groups is 2. The quantitative estimate of drug-likeness (QED) is 0.284. The van der Waals surface area contributed by atoms with Crippen LogP contribution in [0.15, 0.2) is 23.4 Å². The SMILES string of the molecule is O=C1CCCCCCCCCCC(=NOC(=O)COc2ccc(Cl)cc2Cl)CCCO1. The summed E-state index contributed by atoms with van der Waals surface area (Å²) in [4.78, 5) is 28.8. The first-order chi connectivity index (χ1) is 15.0. The van der Waals surface area contributed by atoms with Gasteiger partial charge in [-0.15, -0.1) is 0 Å². The van der Waals surface area contributed by atoms with Gasteiger partial charge in [-0.2, -0.15) is 0 Å². The maximum atomic E-state index is 12.0. The normalized spacial score (nSPS) is 18.9. The van der Waals surface area contributed by atoms with Crippen LogP contribution in [0.4, 0.5) is 0 Å². The van der Waals surface area contributed by atoms with Crippen LogP contribution in [0.1, 0.15) is 77.0 Å². The Labute approximate surface area is 194 Å². The van der Waals surface area contributed by atoms with Crippen LogP contribution < -0.4 is 4.74 Å². The summed E-state index contributed by atoms with van der Waals surface area (Å²) in [5.41, 5.74) is 0.793. The number of nitrogens with zero attached hydrogens (tertiary/aromatic N) is 1. The molecule has 0 aromatic heterocycles. The smallest absolute Gasteiger partial charge is 0.372 e. The van der Waals surface area contributed by atoms with Crippen molar-refractivity contribution in [3.05, 3.63) is 28.2 Å². The summed E-state index contributed by atoms with van der Waals surface area (Å²) in [5.74, 6) is -0.408. The zero-order chi connectivity index (χ0) is 22.3. The summed E-state index contributed by atoms with van der Waals surface area (Å²) < 4.78 is 10.7. The Morgan fingerprint density at radius 3 is 2.29 bits per heavy atom. The van der Waals surface area contributed by atoms with Crippen molar-refractivity contribution in [2.24, 2.45) is 5.16 Å². The van der Waals surface area contributed by atoms with Crippen LogP contribution in [0, 0.1) is 0 Å². The van der Waals surface area contributed by atoms with Gasteiger partial charge in [0, 0.05) is 11.4 Å². The van der Waals surface area contributed by atoms with Crippen LogP contribution in [0.2, 0.25) is 10.0 Å². The van der Waals surface area contributed by atoms with E-state index in [1.165, 1.54) is 31.7 Å². The Morgan fingerprint density at radius 1 is 0.935 bits per heavy atom. The van der Waals surface area contributed by atoms with E-state index in [4.69, 9.17) is 37.5 Å². The van der Waals surface area contributed by atoms with E-state index in [1.54, 1.807) is 12.1 Å². The molecule has 1 aromatic carbocycles. The fourth-order valence-electron chi connectivity index (χ4n) is 3.28. The Hall–Kier alpha value is -1.79. The first-order valence-corrected chi connectivity index (χ1v) is 11.8. The number of hydrogen-bond acceptors (Lipinski definition) is 6. The fraction of sp³-hybridized carbons (Fsp3) is 0.609. The minimum Gasteiger partial charge on any atom is -0.480 e. The van der Waals surface area contributed by atoms with Crippen LogP contribution >= 0.6 is 23.2 Å². The fourth-order valence-corrected chi connectivity index (χ4v) is 3.74. The number of benzene rings is 1. The standard InChI is InChI=1S/C23H31Cl2NO5/c24-18-13-14-21(20(25)16-18)30-17-23(28)31-26-19-10-7-5-3-1-2-4-6-8-12-22(27)29-15-9-11-19/h13-14,16H,1-12,15,17H2. The van der Waals surface area contributed by atoms with Crippen LogP contribution in [-0.4, -0.2) is 30.9 Å². The molecule has 0 amide bonds. The van der Waals surface area contributed by atoms with Gasteiger partial charge < -0.3 is 14.3 Å². The van der Waals surface area contributed by atoms with Crippen molar-refractivity contribution >= 4 is 40.9 Å². The van der Waals surface area contributed by atoms with E-state index in [-0.39, 0.29) is 12.6 Å². The van der Waals surface area contributed by atoms with Crippen LogP contribution in [0.25, 0.3) is 0 Å². The molecule has 1 fully saturated rings. The second kappa shape index (κ2) is 15.1. The van der Waals surface area contributed by atoms with E-state index >= 15 is 0 Å². The molecule has 0 atom stereocenters. The lowest BCUT2D eigenvalue weighted by Crippen LogP contribution is -2.14. The van der Waals surface area contributed by atoms with Gasteiger partial charge in [-0.25, -0.2) is 4.79 Å². The summed E-state index contributed by atoms with van der Waals surface area (Å²) in [6.45, 7) is 0.0414. The summed E-state index contributed by atoms with van der Waals surface area (Å²) >= 11 is 11.9. The molecule has 0 unspecified atom stereocenters. The Balaban J connectivity index is 1.82. The molecule has 6 nitrogen and oxygen atoms in total. The molecule has 1 heterocycles. The minimum absolute atomic E-state index is 0.144. The molecule has 0 saturated carbocycles. The number of carbonyl (C=O) groups excluding carboxylic acids is 2. The molecule has 31 heavy (non-hydrogen) atoms. The van der Waals surface area contributed by atoms with Gasteiger partial charge in [0.25, 0.3) is 0 Å². The second-order valence-corrected chi connectivity index (χ2v) is 8.48. The third kappa shape index (κ3) is 11.4. The highest BCUT2D eigenvalue weighted by Crippen LogP contribution is 2.27. The van der Waals surface area contributed by atoms with Crippen LogP contribution in [0.5, 0.6) is 5.75 Å². The monoisotopic (exact) mass is 471 g/mol. The average molecular weight is 472 g/mol. The average Bonchev–Trinajstić information content (AvgIpc) is 2.74. The van der Waals surface area contributed by atoms with E-state index in [0.29, 0.717) is 41.7 Å². The second-order valence-electron chi connectivity index (χ2n) is 7.64. The van der Waals surface area contributed by atoms with Gasteiger partial charge >= 0.3 is 11.9 Å². The van der Waals surface area contributed by atoms with Crippen molar-refractivity contribution in [2.75, 3.05) is 13.2 Å². The molecule has 1 saturated heterocycles. The first kappa shape index (κ1) is 25.5. The number of hydrogen-bond donors (Lipinski definition) is 0. The summed E-state index contributed by atoms with van der Waals surface area (Å²) in [7, 11) is 0. The van der Waals surface area contributed by atoms with E-state index in [2.05, 4.69) is 5.16 Å². The number of cyclic esters (lactones) is 1. The van der Waals surface area contributed by atoms with Crippen molar-refractivity contribution < 1.29 is 23.9 Å². The molecule has 1 aliphatic heterocycles. The molecule has 1 aliphatic rings. The van der Waals surface area contributed by atoms with Gasteiger partial charge in [-0.05, 0) is 50.3 Å². The molecule has 0 N–H and O–H groups in total. The van der Waals surface area contributed by atoms with E-state index in [9.17, 15) is 9.59 Å². The molecule has 2 rings (SSSR count). The molecule has 0 bridgehead atoms. The number of ether oxygens (including phenoxy) is 2. The summed E-state index contributed by atoms with van der Waals surface area (Å²) in [6, 6.07) is 4.75. The topological polar surface area (TPSA) is 74.2 Å². The lowest BCUT2D eigenvalue weighted by molar-refractivity contribution is -0.146. The van der Waals surface area contributed by atoms with Gasteiger partial charge in [0.05, 0.1) is 17.3 Å². The summed E-state index contributed by atoms with van der Waals surface area (Å²) in [6.07, 6.45) is 11.4. The maximum absolute atomic E-state index is 12.0. The van der Waals surface area contributed by atoms with E-state index in [0.717, 1.165) is 37.8 Å². The van der Waals surface area contributed by atoms with Crippen molar-refractivity contribution in [2.45, 2.75) is 77.0 Å². The first-order valence-electron chi connectivity index (χ1n) is 11.0. The molecule has 1 aromatic rings. The molecular weight excluding hydrogens is 441 g/mol. The maximum Gasteiger partial charge on any atom is 0.372 e. The molecule has 8 heteroatoms.